The topological polar surface area (TPSA) is 18.5 Å². The van der Waals surface area contributed by atoms with Crippen LogP contribution in [0.15, 0.2) is 91.5 Å². The van der Waals surface area contributed by atoms with Gasteiger partial charge in [-0.3, -0.25) is 0 Å². The Morgan fingerprint density at radius 3 is 1.33 bits per heavy atom. The third-order valence-corrected chi connectivity index (χ3v) is 14.8. The van der Waals surface area contributed by atoms with Crippen LogP contribution in [0.25, 0.3) is 0 Å². The molecular formula is C30H36O2Zr. The summed E-state index contributed by atoms with van der Waals surface area (Å²) in [7, 11) is 0. The second kappa shape index (κ2) is 9.26. The molecule has 2 aliphatic carbocycles. The van der Waals surface area contributed by atoms with Gasteiger partial charge in [0.2, 0.25) is 0 Å². The molecule has 0 N–H and O–H groups in total. The summed E-state index contributed by atoms with van der Waals surface area (Å²) in [6, 6.07) is 17.0. The third-order valence-electron chi connectivity index (χ3n) is 6.29. The molecule has 3 heteroatoms. The molecule has 172 valence electrons. The Hall–Kier alpha value is -2.12. The van der Waals surface area contributed by atoms with Crippen LogP contribution in [0.2, 0.25) is 0 Å². The van der Waals surface area contributed by atoms with Gasteiger partial charge in [0, 0.05) is 0 Å². The van der Waals surface area contributed by atoms with Crippen LogP contribution in [-0.2, 0) is 32.0 Å². The Bertz CT molecular complexity index is 1040. The number of allylic oxidation sites excluding steroid dienone is 8. The van der Waals surface area contributed by atoms with Gasteiger partial charge in [-0.1, -0.05) is 0 Å². The predicted octanol–water partition coefficient (Wildman–Crippen LogP) is 8.41. The summed E-state index contributed by atoms with van der Waals surface area (Å²) in [5, 5.41) is 0. The van der Waals surface area contributed by atoms with Gasteiger partial charge >= 0.3 is 206 Å². The van der Waals surface area contributed by atoms with Gasteiger partial charge in [0.25, 0.3) is 0 Å². The number of para-hydroxylation sites is 2. The van der Waals surface area contributed by atoms with Gasteiger partial charge in [-0.05, 0) is 0 Å². The van der Waals surface area contributed by atoms with Crippen LogP contribution >= 0.6 is 0 Å². The molecule has 2 aliphatic rings. The number of rotatable bonds is 6. The van der Waals surface area contributed by atoms with E-state index in [2.05, 4.69) is 127 Å². The number of benzene rings is 2. The van der Waals surface area contributed by atoms with Crippen LogP contribution < -0.4 is 5.63 Å². The Kier molecular flexibility index (Phi) is 6.74. The second-order valence-corrected chi connectivity index (χ2v) is 18.2. The molecule has 0 radical (unpaired) electrons. The van der Waals surface area contributed by atoms with Gasteiger partial charge < -0.3 is 0 Å². The van der Waals surface area contributed by atoms with E-state index in [4.69, 9.17) is 5.63 Å². The minimum absolute atomic E-state index is 0.0257. The molecule has 0 spiro atoms. The van der Waals surface area contributed by atoms with E-state index < -0.39 is 21.1 Å². The fourth-order valence-corrected chi connectivity index (χ4v) is 12.8. The molecule has 0 saturated heterocycles. The van der Waals surface area contributed by atoms with E-state index >= 15 is 0 Å². The molecular weight excluding hydrogens is 484 g/mol. The summed E-state index contributed by atoms with van der Waals surface area (Å²) in [6.45, 7) is 13.5. The fourth-order valence-electron chi connectivity index (χ4n) is 4.53. The van der Waals surface area contributed by atoms with E-state index in [1.165, 1.54) is 17.7 Å². The molecule has 0 heterocycles. The van der Waals surface area contributed by atoms with Gasteiger partial charge in [0.15, 0.2) is 0 Å². The molecule has 0 saturated carbocycles. The fraction of sp³-hybridized carbons (Fsp3) is 0.333. The maximum absolute atomic E-state index is 7.27. The summed E-state index contributed by atoms with van der Waals surface area (Å²) < 4.78 is 17.2. The molecule has 2 nitrogen and oxygen atoms in total. The zero-order valence-electron chi connectivity index (χ0n) is 20.8. The first-order chi connectivity index (χ1) is 15.6. The summed E-state index contributed by atoms with van der Waals surface area (Å²) in [5.74, 6) is 1.91. The van der Waals surface area contributed by atoms with Crippen molar-refractivity contribution in [2.45, 2.75) is 65.2 Å². The van der Waals surface area contributed by atoms with Crippen molar-refractivity contribution < 1.29 is 26.8 Å². The zero-order valence-corrected chi connectivity index (χ0v) is 23.3. The first kappa shape index (κ1) is 24.0. The number of hydrogen-bond donors (Lipinski definition) is 0. The third kappa shape index (κ3) is 5.04. The standard InChI is InChI=1S/2C10H14O.2C5H5.Zr/c2*1-10(2,3)8-6-4-5-7-9(8)11;2*1-2-4-5-3-1;/h2*4-7,11H,1-3H3;2*1-3H,4H2;/q;;;;+2/p-2. The normalized spacial score (nSPS) is 16.1. The monoisotopic (exact) mass is 518 g/mol. The molecule has 33 heavy (non-hydrogen) atoms. The molecule has 0 bridgehead atoms. The zero-order chi connectivity index (χ0) is 23.7. The Balaban J connectivity index is 1.89. The van der Waals surface area contributed by atoms with Gasteiger partial charge in [-0.25, -0.2) is 0 Å². The average Bonchev–Trinajstić information content (AvgIpc) is 3.47. The van der Waals surface area contributed by atoms with Crippen LogP contribution in [0.1, 0.15) is 65.5 Å². The molecule has 0 aliphatic heterocycles. The Morgan fingerprint density at radius 2 is 1.00 bits per heavy atom. The summed E-state index contributed by atoms with van der Waals surface area (Å²) in [4.78, 5) is 0. The van der Waals surface area contributed by atoms with Crippen molar-refractivity contribution in [3.8, 4) is 11.5 Å². The van der Waals surface area contributed by atoms with Crippen LogP contribution in [0.5, 0.6) is 11.5 Å². The van der Waals surface area contributed by atoms with E-state index in [0.29, 0.717) is 0 Å². The minimum atomic E-state index is -4.07. The first-order valence-corrected chi connectivity index (χ1v) is 16.4. The van der Waals surface area contributed by atoms with Crippen LogP contribution in [0.4, 0.5) is 0 Å². The SMILES string of the molecule is CC(C)(C)c1ccccc1[O][Zr]([O]c1ccccc1C(C)(C)C)([C]1=CC=CC1)[C]1=CC=CC1. The summed E-state index contributed by atoms with van der Waals surface area (Å²) in [6.07, 6.45) is 15.0. The van der Waals surface area contributed by atoms with Crippen molar-refractivity contribution in [2.75, 3.05) is 0 Å². The van der Waals surface area contributed by atoms with Crippen molar-refractivity contribution >= 4 is 0 Å². The van der Waals surface area contributed by atoms with Crippen molar-refractivity contribution in [2.24, 2.45) is 0 Å². The van der Waals surface area contributed by atoms with Gasteiger partial charge in [-0.15, -0.1) is 0 Å². The molecule has 4 rings (SSSR count). The van der Waals surface area contributed by atoms with E-state index in [9.17, 15) is 0 Å². The van der Waals surface area contributed by atoms with Crippen LogP contribution in [0, 0.1) is 0 Å². The van der Waals surface area contributed by atoms with Crippen LogP contribution in [0.3, 0.4) is 0 Å². The molecule has 0 unspecified atom stereocenters. The molecule has 2 aromatic rings. The molecule has 0 aromatic heterocycles. The van der Waals surface area contributed by atoms with E-state index in [-0.39, 0.29) is 10.8 Å². The quantitative estimate of drug-likeness (QED) is 0.381. The maximum atomic E-state index is 7.27. The van der Waals surface area contributed by atoms with E-state index in [1.807, 2.05) is 0 Å². The van der Waals surface area contributed by atoms with Gasteiger partial charge in [0.05, 0.1) is 0 Å². The van der Waals surface area contributed by atoms with Crippen molar-refractivity contribution in [3.63, 3.8) is 0 Å². The van der Waals surface area contributed by atoms with Crippen molar-refractivity contribution in [1.82, 2.24) is 0 Å². The molecule has 0 fully saturated rings. The van der Waals surface area contributed by atoms with Crippen molar-refractivity contribution in [3.05, 3.63) is 103 Å². The molecule has 2 aromatic carbocycles. The average molecular weight is 520 g/mol. The number of hydrogen-bond acceptors (Lipinski definition) is 2. The van der Waals surface area contributed by atoms with Crippen LogP contribution in [-0.4, -0.2) is 0 Å². The van der Waals surface area contributed by atoms with E-state index in [1.54, 1.807) is 0 Å². The van der Waals surface area contributed by atoms with E-state index in [0.717, 1.165) is 24.3 Å². The van der Waals surface area contributed by atoms with Gasteiger partial charge in [0.1, 0.15) is 0 Å². The summed E-state index contributed by atoms with van der Waals surface area (Å²) in [5.41, 5.74) is 2.39. The summed E-state index contributed by atoms with van der Waals surface area (Å²) >= 11 is -4.07. The second-order valence-electron chi connectivity index (χ2n) is 11.0. The molecule has 0 amide bonds. The Labute approximate surface area is 205 Å². The Morgan fingerprint density at radius 1 is 0.606 bits per heavy atom. The first-order valence-electron chi connectivity index (χ1n) is 11.9. The van der Waals surface area contributed by atoms with Gasteiger partial charge in [-0.2, -0.15) is 0 Å². The predicted molar refractivity (Wildman–Crippen MR) is 135 cm³/mol. The van der Waals surface area contributed by atoms with Crippen molar-refractivity contribution in [1.29, 1.82) is 0 Å². The molecule has 0 atom stereocenters.